The van der Waals surface area contributed by atoms with Gasteiger partial charge in [0.25, 0.3) is 0 Å². The minimum atomic E-state index is -1.58. The zero-order chi connectivity index (χ0) is 46.5. The Balaban J connectivity index is 1.79. The number of hydrogen-bond acceptors (Lipinski definition) is 6. The summed E-state index contributed by atoms with van der Waals surface area (Å²) in [6.45, 7) is 26.8. The van der Waals surface area contributed by atoms with Gasteiger partial charge < -0.3 is 14.5 Å². The SMILES string of the molecule is C=CCN(CC=C)c1ccc(/C(=C/C2(/C=C(/c3ccc(N(CC=C)CC=C)cc3)c3ccc(C)cc3C(C)S)OC(=O)c3c(Br)c(Cl)c(Cl)c(Br)c32)c2ccc(C)cc2C(C)S)cc1. The van der Waals surface area contributed by atoms with Gasteiger partial charge >= 0.3 is 5.97 Å². The largest absolute Gasteiger partial charge is 0.442 e. The quantitative estimate of drug-likeness (QED) is 0.0301. The number of fused-ring (bicyclic) bond motifs is 1. The molecular formula is C54H52Br2Cl2N2O2S2. The highest BCUT2D eigenvalue weighted by Crippen LogP contribution is 2.54. The second-order valence-corrected chi connectivity index (χ2v) is 19.8. The van der Waals surface area contributed by atoms with Crippen molar-refractivity contribution in [2.75, 3.05) is 36.0 Å². The molecule has 0 aliphatic carbocycles. The Morgan fingerprint density at radius 1 is 0.656 bits per heavy atom. The highest BCUT2D eigenvalue weighted by molar-refractivity contribution is 9.11. The second-order valence-electron chi connectivity index (χ2n) is 15.9. The first-order valence-corrected chi connectivity index (χ1v) is 24.2. The first-order chi connectivity index (χ1) is 30.6. The molecule has 5 aromatic rings. The zero-order valence-electron chi connectivity index (χ0n) is 36.5. The van der Waals surface area contributed by atoms with E-state index in [1.165, 1.54) is 0 Å². The molecule has 6 rings (SSSR count). The fraction of sp³-hybridized carbons (Fsp3) is 0.204. The van der Waals surface area contributed by atoms with Gasteiger partial charge in [0.2, 0.25) is 0 Å². The molecule has 64 heavy (non-hydrogen) atoms. The summed E-state index contributed by atoms with van der Waals surface area (Å²) in [7, 11) is 0. The van der Waals surface area contributed by atoms with Crippen LogP contribution in [0, 0.1) is 13.8 Å². The average molecular weight is 1060 g/mol. The van der Waals surface area contributed by atoms with E-state index in [4.69, 9.17) is 53.2 Å². The van der Waals surface area contributed by atoms with Crippen LogP contribution in [-0.4, -0.2) is 32.1 Å². The molecule has 1 aliphatic rings. The van der Waals surface area contributed by atoms with Crippen molar-refractivity contribution in [1.82, 2.24) is 0 Å². The molecule has 1 aliphatic heterocycles. The highest BCUT2D eigenvalue weighted by Gasteiger charge is 2.48. The minimum absolute atomic E-state index is 0.143. The second kappa shape index (κ2) is 21.4. The number of benzene rings is 5. The smallest absolute Gasteiger partial charge is 0.341 e. The van der Waals surface area contributed by atoms with E-state index in [1.807, 2.05) is 36.5 Å². The van der Waals surface area contributed by atoms with Gasteiger partial charge in [-0.25, -0.2) is 4.79 Å². The average Bonchev–Trinajstić information content (AvgIpc) is 3.57. The lowest BCUT2D eigenvalue weighted by atomic mass is 9.81. The summed E-state index contributed by atoms with van der Waals surface area (Å²) < 4.78 is 7.65. The molecule has 1 heterocycles. The van der Waals surface area contributed by atoms with Crippen LogP contribution in [0.25, 0.3) is 11.1 Å². The molecule has 0 spiro atoms. The normalized spacial score (nSPS) is 15.8. The van der Waals surface area contributed by atoms with Crippen molar-refractivity contribution in [3.8, 4) is 0 Å². The molecule has 0 amide bonds. The molecule has 0 saturated carbocycles. The van der Waals surface area contributed by atoms with Gasteiger partial charge in [-0.2, -0.15) is 25.3 Å². The third-order valence-electron chi connectivity index (χ3n) is 11.2. The summed E-state index contributed by atoms with van der Waals surface area (Å²) in [4.78, 5) is 19.0. The van der Waals surface area contributed by atoms with Gasteiger partial charge in [-0.3, -0.25) is 0 Å². The van der Waals surface area contributed by atoms with Crippen LogP contribution in [0.5, 0.6) is 0 Å². The van der Waals surface area contributed by atoms with Crippen LogP contribution in [0.2, 0.25) is 10.0 Å². The number of cyclic esters (lactones) is 1. The summed E-state index contributed by atoms with van der Waals surface area (Å²) >= 11 is 31.4. The fourth-order valence-corrected chi connectivity index (χ4v) is 10.5. The number of carbonyl (C=O) groups is 1. The van der Waals surface area contributed by atoms with E-state index < -0.39 is 11.6 Å². The molecule has 4 nitrogen and oxygen atoms in total. The Hall–Kier alpha value is -4.15. The van der Waals surface area contributed by atoms with Gasteiger partial charge in [0.1, 0.15) is 0 Å². The topological polar surface area (TPSA) is 32.8 Å². The number of nitrogens with zero attached hydrogens (tertiary/aromatic N) is 2. The van der Waals surface area contributed by atoms with E-state index in [0.717, 1.165) is 67.0 Å². The number of aryl methyl sites for hydroxylation is 2. The lowest BCUT2D eigenvalue weighted by Crippen LogP contribution is -2.24. The first kappa shape index (κ1) is 49.3. The van der Waals surface area contributed by atoms with Crippen LogP contribution >= 0.6 is 80.3 Å². The monoisotopic (exact) mass is 1050 g/mol. The summed E-state index contributed by atoms with van der Waals surface area (Å²) in [5, 5.41) is 0.147. The van der Waals surface area contributed by atoms with E-state index in [0.29, 0.717) is 40.7 Å². The van der Waals surface area contributed by atoms with Crippen molar-refractivity contribution in [3.63, 3.8) is 0 Å². The molecule has 0 bridgehead atoms. The first-order valence-electron chi connectivity index (χ1n) is 20.9. The molecule has 5 aromatic carbocycles. The maximum Gasteiger partial charge on any atom is 0.341 e. The number of hydrogen-bond donors (Lipinski definition) is 2. The Kier molecular flexibility index (Phi) is 16.5. The Morgan fingerprint density at radius 2 is 1.03 bits per heavy atom. The molecule has 0 aromatic heterocycles. The predicted octanol–water partition coefficient (Wildman–Crippen LogP) is 16.1. The van der Waals surface area contributed by atoms with Crippen LogP contribution in [0.3, 0.4) is 0 Å². The Bertz CT molecular complexity index is 2510. The molecular weight excluding hydrogens is 1000 g/mol. The van der Waals surface area contributed by atoms with Crippen molar-refractivity contribution in [1.29, 1.82) is 0 Å². The number of ether oxygens (including phenoxy) is 1. The van der Waals surface area contributed by atoms with Crippen LogP contribution in [0.4, 0.5) is 11.4 Å². The minimum Gasteiger partial charge on any atom is -0.442 e. The summed E-state index contributed by atoms with van der Waals surface area (Å²) in [5.74, 6) is -0.564. The van der Waals surface area contributed by atoms with Crippen molar-refractivity contribution in [3.05, 3.63) is 222 Å². The highest BCUT2D eigenvalue weighted by atomic mass is 79.9. The molecule has 10 heteroatoms. The fourth-order valence-electron chi connectivity index (χ4n) is 8.20. The van der Waals surface area contributed by atoms with Crippen LogP contribution in [-0.2, 0) is 10.3 Å². The predicted molar refractivity (Wildman–Crippen MR) is 288 cm³/mol. The number of carbonyl (C=O) groups excluding carboxylic acids is 1. The van der Waals surface area contributed by atoms with Crippen molar-refractivity contribution >= 4 is 109 Å². The molecule has 0 radical (unpaired) electrons. The zero-order valence-corrected chi connectivity index (χ0v) is 42.9. The lowest BCUT2D eigenvalue weighted by molar-refractivity contribution is 0.0298. The molecule has 2 atom stereocenters. The van der Waals surface area contributed by atoms with Gasteiger partial charge in [0, 0.05) is 58.1 Å². The van der Waals surface area contributed by atoms with E-state index in [-0.39, 0.29) is 26.1 Å². The van der Waals surface area contributed by atoms with Crippen molar-refractivity contribution in [2.45, 2.75) is 43.8 Å². The van der Waals surface area contributed by atoms with Crippen LogP contribution in [0.1, 0.15) is 84.8 Å². The van der Waals surface area contributed by atoms with Gasteiger partial charge in [-0.05, 0) is 140 Å². The van der Waals surface area contributed by atoms with Gasteiger partial charge in [0.05, 0.1) is 20.1 Å². The molecule has 0 N–H and O–H groups in total. The van der Waals surface area contributed by atoms with E-state index in [2.05, 4.69) is 181 Å². The van der Waals surface area contributed by atoms with Gasteiger partial charge in [-0.1, -0.05) is 119 Å². The third kappa shape index (κ3) is 10.3. The van der Waals surface area contributed by atoms with Crippen LogP contribution in [0.15, 0.2) is 157 Å². The number of anilines is 2. The summed E-state index contributed by atoms with van der Waals surface area (Å²) in [6, 6.07) is 29.5. The Labute approximate surface area is 417 Å². The van der Waals surface area contributed by atoms with E-state index in [9.17, 15) is 4.79 Å². The van der Waals surface area contributed by atoms with E-state index >= 15 is 0 Å². The maximum atomic E-state index is 14.7. The number of esters is 1. The number of thiol groups is 2. The number of rotatable bonds is 18. The van der Waals surface area contributed by atoms with Gasteiger partial charge in [-0.15, -0.1) is 26.3 Å². The summed E-state index contributed by atoms with van der Waals surface area (Å²) in [6.07, 6.45) is 11.6. The molecule has 0 fully saturated rings. The number of halogens is 4. The van der Waals surface area contributed by atoms with Crippen molar-refractivity contribution in [2.24, 2.45) is 0 Å². The maximum absolute atomic E-state index is 14.7. The standard InChI is InChI=1S/C54H52Br2Cl2N2O2S2/c1-9-25-59(26-10-2)39-19-15-37(16-20-39)45(41-23-13-33(5)29-43(41)35(7)63)31-54(48-47(53(61)62-54)49(55)51(57)52(58)50(48)56)32-46(42-24-14-34(6)30-44(42)36(8)64)38-17-21-40(22-18-38)60(27-11-3)28-12-4/h9-24,29-32,35-36,63-64H,1-4,25-28H2,5-8H3/b45-31-,46-32-. The third-order valence-corrected chi connectivity index (χ3v) is 14.7. The van der Waals surface area contributed by atoms with Crippen LogP contribution < -0.4 is 9.80 Å². The van der Waals surface area contributed by atoms with Crippen molar-refractivity contribution < 1.29 is 9.53 Å². The lowest BCUT2D eigenvalue weighted by Gasteiger charge is -2.29. The molecule has 0 saturated heterocycles. The Morgan fingerprint density at radius 3 is 1.39 bits per heavy atom. The molecule has 330 valence electrons. The van der Waals surface area contributed by atoms with E-state index in [1.54, 1.807) is 0 Å². The molecule has 2 unspecified atom stereocenters. The van der Waals surface area contributed by atoms with Gasteiger partial charge in [0.15, 0.2) is 5.60 Å². The summed E-state index contributed by atoms with van der Waals surface area (Å²) in [5.41, 5.74) is 10.7.